The van der Waals surface area contributed by atoms with E-state index in [9.17, 15) is 4.79 Å². The molecule has 0 N–H and O–H groups in total. The number of halogens is 1. The molecule has 0 heterocycles. The van der Waals surface area contributed by atoms with Gasteiger partial charge in [0.15, 0.2) is 20.0 Å². The number of rotatable bonds is 11. The van der Waals surface area contributed by atoms with Crippen molar-refractivity contribution >= 4 is 5.97 Å². The van der Waals surface area contributed by atoms with Crippen LogP contribution in [0, 0.1) is 14.1 Å². The summed E-state index contributed by atoms with van der Waals surface area (Å²) in [6.45, 7) is 13.2. The highest BCUT2D eigenvalue weighted by Gasteiger charge is 2.20. The summed E-state index contributed by atoms with van der Waals surface area (Å²) in [7, 11) is 0. The Morgan fingerprint density at radius 2 is 1.58 bits per heavy atom. The molecule has 0 aliphatic rings. The van der Waals surface area contributed by atoms with Crippen LogP contribution in [-0.4, -0.2) is 25.5 Å². The van der Waals surface area contributed by atoms with Crippen molar-refractivity contribution in [1.82, 2.24) is 0 Å². The van der Waals surface area contributed by atoms with E-state index in [1.54, 1.807) is 6.92 Å². The van der Waals surface area contributed by atoms with E-state index >= 15 is 0 Å². The van der Waals surface area contributed by atoms with Crippen LogP contribution in [0.4, 0.5) is 0 Å². The van der Waals surface area contributed by atoms with Crippen LogP contribution in [0.5, 0.6) is 11.5 Å². The summed E-state index contributed by atoms with van der Waals surface area (Å²) in [5.41, 5.74) is 3.82. The Morgan fingerprint density at radius 3 is 2.19 bits per heavy atom. The fraction of sp³-hybridized carbons (Fsp3) is 0.367. The van der Waals surface area contributed by atoms with Gasteiger partial charge in [0, 0.05) is 12.2 Å². The van der Waals surface area contributed by atoms with Crippen LogP contribution in [-0.2, 0) is 26.3 Å². The van der Waals surface area contributed by atoms with Gasteiger partial charge in [0.2, 0.25) is 0 Å². The van der Waals surface area contributed by atoms with Crippen LogP contribution < -0.4 is 30.7 Å². The molecule has 0 saturated heterocycles. The lowest BCUT2D eigenvalue weighted by Crippen LogP contribution is -3.61. The van der Waals surface area contributed by atoms with Crippen LogP contribution in [0.2, 0.25) is 0 Å². The Bertz CT molecular complexity index is 1120. The zero-order valence-corrected chi connectivity index (χ0v) is 24.1. The zero-order valence-electron chi connectivity index (χ0n) is 22.0. The number of carbonyl (C=O) groups excluding carboxylic acids is 1. The van der Waals surface area contributed by atoms with Gasteiger partial charge in [-0.2, -0.15) is 0 Å². The first-order valence-corrected chi connectivity index (χ1v) is 14.3. The summed E-state index contributed by atoms with van der Waals surface area (Å²) in [5.74, 6) is 0.987. The van der Waals surface area contributed by atoms with Gasteiger partial charge in [-0.1, -0.05) is 45.0 Å². The molecule has 0 saturated carbocycles. The quantitative estimate of drug-likeness (QED) is 0.191. The van der Waals surface area contributed by atoms with Crippen LogP contribution in [0.3, 0.4) is 0 Å². The van der Waals surface area contributed by atoms with Crippen molar-refractivity contribution in [3.8, 4) is 11.5 Å². The molecule has 0 fully saturated rings. The number of hydrogen-bond donors (Lipinski definition) is 0. The van der Waals surface area contributed by atoms with Crippen molar-refractivity contribution in [1.29, 1.82) is 0 Å². The van der Waals surface area contributed by atoms with Gasteiger partial charge in [-0.3, -0.25) is 0 Å². The first-order valence-electron chi connectivity index (χ1n) is 12.2. The second-order valence-electron chi connectivity index (χ2n) is 9.50. The third-order valence-electron chi connectivity index (χ3n) is 5.43. The monoisotopic (exact) mass is 603 g/mol. The van der Waals surface area contributed by atoms with Crippen molar-refractivity contribution in [2.45, 2.75) is 59.9 Å². The molecule has 0 bridgehead atoms. The number of hydrogen-bond acceptors (Lipinski definition) is 5. The van der Waals surface area contributed by atoms with E-state index in [1.807, 2.05) is 31.2 Å². The van der Waals surface area contributed by atoms with E-state index in [-0.39, 0.29) is 33.2 Å². The van der Waals surface area contributed by atoms with Gasteiger partial charge in [-0.25, -0.2) is 4.79 Å². The maximum atomic E-state index is 11.8. The van der Waals surface area contributed by atoms with Crippen LogP contribution in [0.25, 0.3) is 0 Å². The lowest BCUT2D eigenvalue weighted by atomic mass is 9.87. The van der Waals surface area contributed by atoms with Gasteiger partial charge >= 0.3 is 27.2 Å². The standard InChI is InChI=1S/C30H36IO5/c1-7-33-22(3)36-29(32)20-35-26-14-8-23(9-15-26)19-34-27-16-17-28(21(2)18-27)31-25-12-10-24(11-13-25)30(4,5)6/h8-18,22H,7,19-20H2,1-6H3/q+1. The van der Waals surface area contributed by atoms with Crippen LogP contribution >= 0.6 is 0 Å². The van der Waals surface area contributed by atoms with Gasteiger partial charge in [0.25, 0.3) is 0 Å². The minimum Gasteiger partial charge on any atom is -0.489 e. The Labute approximate surface area is 225 Å². The minimum atomic E-state index is -0.579. The number of carbonyl (C=O) groups is 1. The van der Waals surface area contributed by atoms with E-state index < -0.39 is 12.3 Å². The van der Waals surface area contributed by atoms with Crippen molar-refractivity contribution in [2.75, 3.05) is 13.2 Å². The van der Waals surface area contributed by atoms with Gasteiger partial charge < -0.3 is 18.9 Å². The van der Waals surface area contributed by atoms with Crippen molar-refractivity contribution in [2.24, 2.45) is 0 Å². The molecule has 1 atom stereocenters. The Hall–Kier alpha value is -2.58. The molecule has 5 nitrogen and oxygen atoms in total. The van der Waals surface area contributed by atoms with Crippen molar-refractivity contribution < 1.29 is 44.9 Å². The molecule has 192 valence electrons. The van der Waals surface area contributed by atoms with Crippen LogP contribution in [0.15, 0.2) is 66.7 Å². The molecule has 3 aromatic carbocycles. The Morgan fingerprint density at radius 1 is 0.917 bits per heavy atom. The molecule has 36 heavy (non-hydrogen) atoms. The van der Waals surface area contributed by atoms with Crippen molar-refractivity contribution in [3.63, 3.8) is 0 Å². The Balaban J connectivity index is 1.48. The summed E-state index contributed by atoms with van der Waals surface area (Å²) >= 11 is -0.239. The van der Waals surface area contributed by atoms with E-state index in [2.05, 4.69) is 70.2 Å². The first-order chi connectivity index (χ1) is 17.1. The SMILES string of the molecule is CCOC(C)OC(=O)COc1ccc(COc2ccc([I+]c3ccc(C(C)(C)C)cc3)c(C)c2)cc1. The highest BCUT2D eigenvalue weighted by Crippen LogP contribution is 2.21. The predicted molar refractivity (Wildman–Crippen MR) is 137 cm³/mol. The summed E-state index contributed by atoms with van der Waals surface area (Å²) < 4.78 is 24.6. The lowest BCUT2D eigenvalue weighted by Gasteiger charge is -2.18. The topological polar surface area (TPSA) is 54.0 Å². The second-order valence-corrected chi connectivity index (χ2v) is 12.4. The van der Waals surface area contributed by atoms with Gasteiger partial charge in [0.1, 0.15) is 18.1 Å². The average Bonchev–Trinajstić information content (AvgIpc) is 2.83. The molecule has 3 rings (SSSR count). The summed E-state index contributed by atoms with van der Waals surface area (Å²) in [4.78, 5) is 11.8. The summed E-state index contributed by atoms with van der Waals surface area (Å²) in [6, 6.07) is 22.9. The highest BCUT2D eigenvalue weighted by atomic mass is 127. The van der Waals surface area contributed by atoms with E-state index in [1.165, 1.54) is 18.3 Å². The van der Waals surface area contributed by atoms with Gasteiger partial charge in [0.05, 0.1) is 0 Å². The van der Waals surface area contributed by atoms with E-state index in [0.29, 0.717) is 19.0 Å². The first kappa shape index (κ1) is 28.0. The highest BCUT2D eigenvalue weighted by molar-refractivity contribution is 5.71. The molecule has 6 heteroatoms. The maximum absolute atomic E-state index is 11.8. The van der Waals surface area contributed by atoms with Gasteiger partial charge in [-0.15, -0.1) is 0 Å². The molecule has 1 unspecified atom stereocenters. The number of benzene rings is 3. The molecule has 0 spiro atoms. The molecule has 0 aliphatic heterocycles. The fourth-order valence-corrected chi connectivity index (χ4v) is 5.75. The molecule has 0 amide bonds. The normalized spacial score (nSPS) is 12.2. The van der Waals surface area contributed by atoms with E-state index in [4.69, 9.17) is 18.9 Å². The molecular formula is C30H36IO5+. The van der Waals surface area contributed by atoms with Crippen molar-refractivity contribution in [3.05, 3.63) is 90.6 Å². The largest absolute Gasteiger partial charge is 0.489 e. The molecule has 0 radical (unpaired) electrons. The zero-order chi connectivity index (χ0) is 26.1. The number of aryl methyl sites for hydroxylation is 1. The molecule has 0 aromatic heterocycles. The third-order valence-corrected chi connectivity index (χ3v) is 8.57. The number of ether oxygens (including phenoxy) is 4. The average molecular weight is 604 g/mol. The summed E-state index contributed by atoms with van der Waals surface area (Å²) in [5, 5.41) is 0. The number of esters is 1. The minimum absolute atomic E-state index is 0.164. The van der Waals surface area contributed by atoms with E-state index in [0.717, 1.165) is 11.3 Å². The summed E-state index contributed by atoms with van der Waals surface area (Å²) in [6.07, 6.45) is -0.579. The smallest absolute Gasteiger partial charge is 0.358 e. The van der Waals surface area contributed by atoms with Crippen LogP contribution in [0.1, 0.15) is 51.3 Å². The maximum Gasteiger partial charge on any atom is 0.358 e. The molecule has 3 aromatic rings. The predicted octanol–water partition coefficient (Wildman–Crippen LogP) is 3.30. The second kappa shape index (κ2) is 13.1. The van der Waals surface area contributed by atoms with Gasteiger partial charge in [-0.05, 0) is 79.8 Å². The fourth-order valence-electron chi connectivity index (χ4n) is 3.42. The third kappa shape index (κ3) is 8.82. The molecule has 0 aliphatic carbocycles. The Kier molecular flexibility index (Phi) is 10.2. The molecular weight excluding hydrogens is 567 g/mol. The lowest BCUT2D eigenvalue weighted by molar-refractivity contribution is -0.598.